The van der Waals surface area contributed by atoms with Crippen LogP contribution >= 0.6 is 0 Å². The second kappa shape index (κ2) is 8.68. The lowest BCUT2D eigenvalue weighted by Crippen LogP contribution is -2.44. The Kier molecular flexibility index (Phi) is 5.84. The first kappa shape index (κ1) is 19.5. The number of likely N-dealkylation sites (tertiary alicyclic amines) is 1. The Labute approximate surface area is 172 Å². The number of para-hydroxylation sites is 1. The summed E-state index contributed by atoms with van der Waals surface area (Å²) in [6, 6.07) is 17.6. The minimum atomic E-state index is 0.170. The lowest BCUT2D eigenvalue weighted by atomic mass is 9.82. The number of fused-ring (bicyclic) bond motifs is 1. The van der Waals surface area contributed by atoms with Gasteiger partial charge in [-0.3, -0.25) is 9.59 Å². The molecule has 0 spiro atoms. The van der Waals surface area contributed by atoms with E-state index in [-0.39, 0.29) is 11.8 Å². The van der Waals surface area contributed by atoms with E-state index in [9.17, 15) is 9.59 Å². The number of hydrogen-bond donors (Lipinski definition) is 0. The van der Waals surface area contributed by atoms with Gasteiger partial charge in [0.1, 0.15) is 5.75 Å². The second-order valence-corrected chi connectivity index (χ2v) is 8.05. The van der Waals surface area contributed by atoms with Gasteiger partial charge in [0.2, 0.25) is 11.8 Å². The number of nitrogens with zero attached hydrogens (tertiary/aromatic N) is 2. The highest BCUT2D eigenvalue weighted by atomic mass is 16.5. The summed E-state index contributed by atoms with van der Waals surface area (Å²) >= 11 is 0. The predicted molar refractivity (Wildman–Crippen MR) is 113 cm³/mol. The summed E-state index contributed by atoms with van der Waals surface area (Å²) < 4.78 is 5.18. The van der Waals surface area contributed by atoms with Crippen molar-refractivity contribution in [2.24, 2.45) is 11.8 Å². The molecule has 0 radical (unpaired) electrons. The summed E-state index contributed by atoms with van der Waals surface area (Å²) in [5.41, 5.74) is 1.98. The summed E-state index contributed by atoms with van der Waals surface area (Å²) in [7, 11) is 1.64. The maximum atomic E-state index is 12.8. The maximum absolute atomic E-state index is 12.8. The first-order valence-corrected chi connectivity index (χ1v) is 10.4. The topological polar surface area (TPSA) is 49.9 Å². The van der Waals surface area contributed by atoms with Gasteiger partial charge in [0.25, 0.3) is 0 Å². The van der Waals surface area contributed by atoms with Crippen molar-refractivity contribution in [1.29, 1.82) is 0 Å². The summed E-state index contributed by atoms with van der Waals surface area (Å²) in [5.74, 6) is 1.95. The van der Waals surface area contributed by atoms with Crippen LogP contribution in [0.4, 0.5) is 5.69 Å². The molecule has 2 aromatic carbocycles. The average Bonchev–Trinajstić information content (AvgIpc) is 2.92. The number of carbonyl (C=O) groups excluding carboxylic acids is 2. The summed E-state index contributed by atoms with van der Waals surface area (Å²) in [6.45, 7) is 2.23. The maximum Gasteiger partial charge on any atom is 0.227 e. The molecule has 2 amide bonds. The highest BCUT2D eigenvalue weighted by Gasteiger charge is 2.36. The van der Waals surface area contributed by atoms with Crippen LogP contribution in [0.15, 0.2) is 54.6 Å². The van der Waals surface area contributed by atoms with E-state index in [1.165, 1.54) is 0 Å². The number of anilines is 1. The van der Waals surface area contributed by atoms with Crippen molar-refractivity contribution in [2.75, 3.05) is 31.6 Å². The molecule has 2 heterocycles. The van der Waals surface area contributed by atoms with E-state index in [1.807, 2.05) is 64.4 Å². The van der Waals surface area contributed by atoms with Crippen molar-refractivity contribution in [3.63, 3.8) is 0 Å². The fourth-order valence-electron chi connectivity index (χ4n) is 4.57. The fraction of sp³-hybridized carbons (Fsp3) is 0.417. The Balaban J connectivity index is 1.38. The zero-order valence-electron chi connectivity index (χ0n) is 16.9. The van der Waals surface area contributed by atoms with Crippen LogP contribution in [0.5, 0.6) is 5.75 Å². The summed E-state index contributed by atoms with van der Waals surface area (Å²) in [5, 5.41) is 0. The van der Waals surface area contributed by atoms with Crippen LogP contribution in [-0.4, -0.2) is 43.5 Å². The fourth-order valence-corrected chi connectivity index (χ4v) is 4.57. The Morgan fingerprint density at radius 2 is 1.72 bits per heavy atom. The van der Waals surface area contributed by atoms with Crippen molar-refractivity contribution in [1.82, 2.24) is 4.90 Å². The minimum absolute atomic E-state index is 0.170. The van der Waals surface area contributed by atoms with Gasteiger partial charge >= 0.3 is 0 Å². The Bertz CT molecular complexity index is 850. The van der Waals surface area contributed by atoms with Gasteiger partial charge in [-0.1, -0.05) is 30.3 Å². The van der Waals surface area contributed by atoms with Gasteiger partial charge in [-0.2, -0.15) is 0 Å². The van der Waals surface area contributed by atoms with Crippen LogP contribution in [0, 0.1) is 11.8 Å². The lowest BCUT2D eigenvalue weighted by Gasteiger charge is -2.37. The smallest absolute Gasteiger partial charge is 0.227 e. The average molecular weight is 392 g/mol. The third-order valence-electron chi connectivity index (χ3n) is 6.29. The zero-order valence-corrected chi connectivity index (χ0v) is 16.9. The molecule has 2 aliphatic rings. The molecule has 2 fully saturated rings. The second-order valence-electron chi connectivity index (χ2n) is 8.05. The van der Waals surface area contributed by atoms with Gasteiger partial charge in [0, 0.05) is 31.7 Å². The highest BCUT2D eigenvalue weighted by Crippen LogP contribution is 2.34. The minimum Gasteiger partial charge on any atom is -0.497 e. The molecule has 0 saturated carbocycles. The molecule has 2 aliphatic heterocycles. The lowest BCUT2D eigenvalue weighted by molar-refractivity contribution is -0.133. The van der Waals surface area contributed by atoms with Crippen LogP contribution in [0.2, 0.25) is 0 Å². The number of amides is 2. The van der Waals surface area contributed by atoms with E-state index in [1.54, 1.807) is 7.11 Å². The predicted octanol–water partition coefficient (Wildman–Crippen LogP) is 3.53. The normalized spacial score (nSPS) is 22.0. The number of carbonyl (C=O) groups is 2. The molecule has 5 nitrogen and oxygen atoms in total. The molecule has 152 valence electrons. The number of benzene rings is 2. The molecule has 2 saturated heterocycles. The zero-order chi connectivity index (χ0) is 20.2. The number of methoxy groups -OCH3 is 1. The van der Waals surface area contributed by atoms with Gasteiger partial charge in [0.15, 0.2) is 0 Å². The van der Waals surface area contributed by atoms with Crippen LogP contribution in [-0.2, 0) is 16.0 Å². The molecular weight excluding hydrogens is 364 g/mol. The van der Waals surface area contributed by atoms with Gasteiger partial charge < -0.3 is 14.5 Å². The van der Waals surface area contributed by atoms with E-state index in [2.05, 4.69) is 0 Å². The monoisotopic (exact) mass is 392 g/mol. The number of piperidine rings is 1. The van der Waals surface area contributed by atoms with E-state index < -0.39 is 0 Å². The van der Waals surface area contributed by atoms with Crippen LogP contribution in [0.25, 0.3) is 0 Å². The summed E-state index contributed by atoms with van der Waals surface area (Å²) in [4.78, 5) is 29.6. The van der Waals surface area contributed by atoms with E-state index in [0.29, 0.717) is 24.7 Å². The molecule has 2 aromatic rings. The molecule has 0 unspecified atom stereocenters. The molecular formula is C24H28N2O3. The molecule has 5 heteroatoms. The van der Waals surface area contributed by atoms with E-state index in [0.717, 1.165) is 49.5 Å². The standard InChI is InChI=1S/C24H28N2O3/c1-29-22-9-7-18(8-10-22)15-23(27)25-13-11-19-16-24(28)26(14-12-20(19)17-25)21-5-3-2-4-6-21/h2-10,19-20H,11-17H2,1H3/t19-,20-/m0/s1. The van der Waals surface area contributed by atoms with Crippen LogP contribution < -0.4 is 9.64 Å². The molecule has 4 rings (SSSR count). The molecule has 2 atom stereocenters. The van der Waals surface area contributed by atoms with Gasteiger partial charge in [0.05, 0.1) is 13.5 Å². The molecule has 29 heavy (non-hydrogen) atoms. The van der Waals surface area contributed by atoms with Gasteiger partial charge in [-0.25, -0.2) is 0 Å². The Morgan fingerprint density at radius 3 is 2.45 bits per heavy atom. The van der Waals surface area contributed by atoms with Crippen molar-refractivity contribution in [3.8, 4) is 5.75 Å². The van der Waals surface area contributed by atoms with Crippen LogP contribution in [0.1, 0.15) is 24.8 Å². The third-order valence-corrected chi connectivity index (χ3v) is 6.29. The quantitative estimate of drug-likeness (QED) is 0.800. The van der Waals surface area contributed by atoms with E-state index in [4.69, 9.17) is 4.74 Å². The van der Waals surface area contributed by atoms with Crippen molar-refractivity contribution < 1.29 is 14.3 Å². The van der Waals surface area contributed by atoms with E-state index >= 15 is 0 Å². The van der Waals surface area contributed by atoms with Crippen molar-refractivity contribution in [2.45, 2.75) is 25.7 Å². The first-order valence-electron chi connectivity index (χ1n) is 10.4. The molecule has 0 aromatic heterocycles. The number of rotatable bonds is 4. The summed E-state index contributed by atoms with van der Waals surface area (Å²) in [6.07, 6.45) is 2.85. The molecule has 0 aliphatic carbocycles. The van der Waals surface area contributed by atoms with Gasteiger partial charge in [-0.05, 0) is 54.5 Å². The Morgan fingerprint density at radius 1 is 1.00 bits per heavy atom. The molecule has 0 N–H and O–H groups in total. The highest BCUT2D eigenvalue weighted by molar-refractivity contribution is 5.93. The SMILES string of the molecule is COc1ccc(CC(=O)N2CC[C@H]3CC(=O)N(c4ccccc4)CC[C@H]3C2)cc1. The largest absolute Gasteiger partial charge is 0.497 e. The number of ether oxygens (including phenoxy) is 1. The number of hydrogen-bond acceptors (Lipinski definition) is 3. The Hall–Kier alpha value is -2.82. The third kappa shape index (κ3) is 4.44. The molecule has 0 bridgehead atoms. The first-order chi connectivity index (χ1) is 14.1. The van der Waals surface area contributed by atoms with Crippen molar-refractivity contribution in [3.05, 3.63) is 60.2 Å². The van der Waals surface area contributed by atoms with Crippen molar-refractivity contribution >= 4 is 17.5 Å². The van der Waals surface area contributed by atoms with Gasteiger partial charge in [-0.15, -0.1) is 0 Å². The van der Waals surface area contributed by atoms with Crippen LogP contribution in [0.3, 0.4) is 0 Å².